The maximum absolute atomic E-state index is 3.89. The molecule has 0 aromatic heterocycles. The second-order valence-corrected chi connectivity index (χ2v) is 4.04. The first-order chi connectivity index (χ1) is 4.98. The lowest BCUT2D eigenvalue weighted by molar-refractivity contribution is -0.888. The summed E-state index contributed by atoms with van der Waals surface area (Å²) in [6.45, 7) is 10.7. The summed E-state index contributed by atoms with van der Waals surface area (Å²) in [4.78, 5) is 0. The van der Waals surface area contributed by atoms with E-state index in [0.717, 1.165) is 4.48 Å². The van der Waals surface area contributed by atoms with E-state index in [0.29, 0.717) is 0 Å². The molecule has 0 spiro atoms. The van der Waals surface area contributed by atoms with Crippen molar-refractivity contribution < 1.29 is 4.48 Å². The number of hydrogen-bond acceptors (Lipinski definition) is 0. The molecule has 0 N–H and O–H groups in total. The fraction of sp³-hybridized carbons (Fsp3) is 0.800. The molecule has 0 aliphatic rings. The molecule has 0 radical (unpaired) electrons. The Morgan fingerprint density at radius 3 is 2.27 bits per heavy atom. The average Bonchev–Trinajstić information content (AvgIpc) is 1.87. The summed E-state index contributed by atoms with van der Waals surface area (Å²) in [5.41, 5.74) is 1.31. The van der Waals surface area contributed by atoms with Crippen LogP contribution in [0.5, 0.6) is 0 Å². The van der Waals surface area contributed by atoms with Crippen molar-refractivity contribution in [3.63, 3.8) is 0 Å². The lowest BCUT2D eigenvalue weighted by Crippen LogP contribution is -2.39. The Kier molecular flexibility index (Phi) is 4.43. The molecule has 66 valence electrons. The molecular weight excluding hydrogens is 134 g/mol. The first-order valence-electron chi connectivity index (χ1n) is 4.44. The van der Waals surface area contributed by atoms with Crippen LogP contribution in [0.15, 0.2) is 12.2 Å². The van der Waals surface area contributed by atoms with Gasteiger partial charge in [-0.15, -0.1) is 6.58 Å². The van der Waals surface area contributed by atoms with E-state index < -0.39 is 0 Å². The zero-order valence-corrected chi connectivity index (χ0v) is 8.48. The van der Waals surface area contributed by atoms with Crippen LogP contribution in [0.4, 0.5) is 0 Å². The van der Waals surface area contributed by atoms with Gasteiger partial charge in [0.15, 0.2) is 0 Å². The predicted molar refractivity (Wildman–Crippen MR) is 51.6 cm³/mol. The molecule has 0 atom stereocenters. The van der Waals surface area contributed by atoms with Gasteiger partial charge in [-0.05, 0) is 20.3 Å². The SMILES string of the molecule is C=C(C)CCC[N+](C)(C)CC. The summed E-state index contributed by atoms with van der Waals surface area (Å²) in [6, 6.07) is 0. The van der Waals surface area contributed by atoms with E-state index in [1.54, 1.807) is 0 Å². The Labute approximate surface area is 71.3 Å². The highest BCUT2D eigenvalue weighted by atomic mass is 15.3. The number of nitrogens with zero attached hydrogens (tertiary/aromatic N) is 1. The van der Waals surface area contributed by atoms with Gasteiger partial charge < -0.3 is 4.48 Å². The van der Waals surface area contributed by atoms with Crippen molar-refractivity contribution >= 4 is 0 Å². The van der Waals surface area contributed by atoms with Gasteiger partial charge in [-0.25, -0.2) is 0 Å². The van der Waals surface area contributed by atoms with Crippen LogP contribution in [0.1, 0.15) is 26.7 Å². The molecule has 0 fully saturated rings. The largest absolute Gasteiger partial charge is 0.329 e. The van der Waals surface area contributed by atoms with E-state index in [4.69, 9.17) is 0 Å². The van der Waals surface area contributed by atoms with Crippen LogP contribution in [-0.4, -0.2) is 31.7 Å². The summed E-state index contributed by atoms with van der Waals surface area (Å²) in [5.74, 6) is 0. The molecule has 0 saturated carbocycles. The lowest BCUT2D eigenvalue weighted by Gasteiger charge is -2.28. The van der Waals surface area contributed by atoms with E-state index in [1.165, 1.54) is 31.5 Å². The Hall–Kier alpha value is -0.300. The molecular formula is C10H22N+. The summed E-state index contributed by atoms with van der Waals surface area (Å²) in [7, 11) is 4.55. The first-order valence-corrected chi connectivity index (χ1v) is 4.44. The highest BCUT2D eigenvalue weighted by Gasteiger charge is 2.09. The topological polar surface area (TPSA) is 0 Å². The Morgan fingerprint density at radius 2 is 1.91 bits per heavy atom. The minimum Gasteiger partial charge on any atom is -0.329 e. The molecule has 1 nitrogen and oxygen atoms in total. The smallest absolute Gasteiger partial charge is 0.0785 e. The highest BCUT2D eigenvalue weighted by Crippen LogP contribution is 2.05. The van der Waals surface area contributed by atoms with Crippen LogP contribution in [0, 0.1) is 0 Å². The van der Waals surface area contributed by atoms with Gasteiger partial charge in [0.25, 0.3) is 0 Å². The average molecular weight is 156 g/mol. The Bertz CT molecular complexity index is 125. The lowest BCUT2D eigenvalue weighted by atomic mass is 10.2. The molecule has 0 unspecified atom stereocenters. The molecule has 0 aliphatic heterocycles. The van der Waals surface area contributed by atoms with E-state index >= 15 is 0 Å². The van der Waals surface area contributed by atoms with Crippen molar-refractivity contribution in [2.45, 2.75) is 26.7 Å². The monoisotopic (exact) mass is 156 g/mol. The van der Waals surface area contributed by atoms with E-state index in [1.807, 2.05) is 0 Å². The van der Waals surface area contributed by atoms with Crippen LogP contribution >= 0.6 is 0 Å². The highest BCUT2D eigenvalue weighted by molar-refractivity contribution is 4.86. The summed E-state index contributed by atoms with van der Waals surface area (Å²) < 4.78 is 1.13. The zero-order valence-electron chi connectivity index (χ0n) is 8.48. The Morgan fingerprint density at radius 1 is 1.36 bits per heavy atom. The quantitative estimate of drug-likeness (QED) is 0.423. The number of allylic oxidation sites excluding steroid dienone is 1. The Balaban J connectivity index is 3.45. The molecule has 0 aromatic carbocycles. The van der Waals surface area contributed by atoms with Gasteiger partial charge in [0.1, 0.15) is 0 Å². The maximum Gasteiger partial charge on any atom is 0.0785 e. The standard InChI is InChI=1S/C10H22N/c1-6-11(4,5)9-7-8-10(2)3/h2,6-9H2,1,3-5H3/q+1. The van der Waals surface area contributed by atoms with Gasteiger partial charge >= 0.3 is 0 Å². The maximum atomic E-state index is 3.89. The number of rotatable bonds is 5. The van der Waals surface area contributed by atoms with Gasteiger partial charge in [0.2, 0.25) is 0 Å². The minimum absolute atomic E-state index is 1.13. The fourth-order valence-corrected chi connectivity index (χ4v) is 0.967. The summed E-state index contributed by atoms with van der Waals surface area (Å²) in [5, 5.41) is 0. The van der Waals surface area contributed by atoms with Gasteiger partial charge in [-0.3, -0.25) is 0 Å². The molecule has 11 heavy (non-hydrogen) atoms. The summed E-state index contributed by atoms with van der Waals surface area (Å²) >= 11 is 0. The van der Waals surface area contributed by atoms with E-state index in [9.17, 15) is 0 Å². The normalized spacial score (nSPS) is 11.6. The summed E-state index contributed by atoms with van der Waals surface area (Å²) in [6.07, 6.45) is 2.46. The third-order valence-corrected chi connectivity index (χ3v) is 2.22. The molecule has 0 aromatic rings. The predicted octanol–water partition coefficient (Wildman–Crippen LogP) is 2.44. The van der Waals surface area contributed by atoms with Crippen molar-refractivity contribution in [2.75, 3.05) is 27.2 Å². The molecule has 0 rings (SSSR count). The van der Waals surface area contributed by atoms with Gasteiger partial charge in [0, 0.05) is 6.42 Å². The van der Waals surface area contributed by atoms with Gasteiger partial charge in [0.05, 0.1) is 27.2 Å². The third-order valence-electron chi connectivity index (χ3n) is 2.22. The minimum atomic E-state index is 1.13. The third kappa shape index (κ3) is 6.11. The molecule has 0 saturated heterocycles. The number of hydrogen-bond donors (Lipinski definition) is 0. The van der Waals surface area contributed by atoms with E-state index in [-0.39, 0.29) is 0 Å². The van der Waals surface area contributed by atoms with Gasteiger partial charge in [-0.1, -0.05) is 5.57 Å². The van der Waals surface area contributed by atoms with Crippen LogP contribution in [0.3, 0.4) is 0 Å². The molecule has 0 heterocycles. The molecule has 1 heteroatoms. The van der Waals surface area contributed by atoms with Crippen molar-refractivity contribution in [2.24, 2.45) is 0 Å². The van der Waals surface area contributed by atoms with Crippen molar-refractivity contribution in [3.05, 3.63) is 12.2 Å². The number of quaternary nitrogens is 1. The zero-order chi connectivity index (χ0) is 8.91. The second kappa shape index (κ2) is 4.55. The van der Waals surface area contributed by atoms with Crippen LogP contribution < -0.4 is 0 Å². The first kappa shape index (κ1) is 10.7. The molecule has 0 bridgehead atoms. The fourth-order valence-electron chi connectivity index (χ4n) is 0.967. The second-order valence-electron chi connectivity index (χ2n) is 4.04. The van der Waals surface area contributed by atoms with Crippen molar-refractivity contribution in [1.82, 2.24) is 0 Å². The van der Waals surface area contributed by atoms with Crippen molar-refractivity contribution in [3.8, 4) is 0 Å². The van der Waals surface area contributed by atoms with Crippen molar-refractivity contribution in [1.29, 1.82) is 0 Å². The van der Waals surface area contributed by atoms with Crippen LogP contribution in [-0.2, 0) is 0 Å². The van der Waals surface area contributed by atoms with E-state index in [2.05, 4.69) is 34.5 Å². The van der Waals surface area contributed by atoms with Crippen LogP contribution in [0.2, 0.25) is 0 Å². The molecule has 0 aliphatic carbocycles. The molecule has 0 amide bonds. The van der Waals surface area contributed by atoms with Gasteiger partial charge in [-0.2, -0.15) is 0 Å². The van der Waals surface area contributed by atoms with Crippen LogP contribution in [0.25, 0.3) is 0 Å².